The Labute approximate surface area is 189 Å². The number of nitrogens with one attached hydrogen (secondary N) is 1. The van der Waals surface area contributed by atoms with Crippen molar-refractivity contribution in [2.45, 2.75) is 0 Å². The van der Waals surface area contributed by atoms with Crippen molar-refractivity contribution >= 4 is 45.1 Å². The molecule has 5 aromatic rings. The molecule has 0 amide bonds. The molecule has 0 atom stereocenters. The summed E-state index contributed by atoms with van der Waals surface area (Å²) in [6, 6.07) is 31.3. The Kier molecular flexibility index (Phi) is 5.29. The van der Waals surface area contributed by atoms with E-state index in [1.54, 1.807) is 0 Å². The number of para-hydroxylation sites is 2. The predicted molar refractivity (Wildman–Crippen MR) is 130 cm³/mol. The van der Waals surface area contributed by atoms with E-state index in [9.17, 15) is 0 Å². The average Bonchev–Trinajstić information content (AvgIpc) is 2.86. The van der Waals surface area contributed by atoms with Crippen molar-refractivity contribution in [2.75, 3.05) is 0 Å². The molecule has 3 nitrogen and oxygen atoms in total. The van der Waals surface area contributed by atoms with Gasteiger partial charge in [0.2, 0.25) is 0 Å². The van der Waals surface area contributed by atoms with Crippen LogP contribution in [0.3, 0.4) is 0 Å². The maximum Gasteiger partial charge on any atom is 0.160 e. The minimum absolute atomic E-state index is 0.601. The Morgan fingerprint density at radius 2 is 1.26 bits per heavy atom. The first-order chi connectivity index (χ1) is 15.2. The van der Waals surface area contributed by atoms with Crippen molar-refractivity contribution in [2.24, 2.45) is 0 Å². The van der Waals surface area contributed by atoms with Gasteiger partial charge >= 0.3 is 0 Å². The van der Waals surface area contributed by atoms with Crippen molar-refractivity contribution in [3.8, 4) is 22.6 Å². The van der Waals surface area contributed by atoms with Crippen LogP contribution >= 0.6 is 23.2 Å². The number of hydrogen-bond acceptors (Lipinski definition) is 2. The topological polar surface area (TPSA) is 41.6 Å². The maximum absolute atomic E-state index is 6.41. The van der Waals surface area contributed by atoms with Gasteiger partial charge in [0, 0.05) is 21.0 Å². The molecule has 0 bridgehead atoms. The van der Waals surface area contributed by atoms with Gasteiger partial charge in [0.1, 0.15) is 0 Å². The van der Waals surface area contributed by atoms with Gasteiger partial charge in [0.05, 0.1) is 22.2 Å². The number of aromatic nitrogens is 3. The minimum atomic E-state index is 0.601. The second kappa shape index (κ2) is 8.38. The largest absolute Gasteiger partial charge is 0.353 e. The summed E-state index contributed by atoms with van der Waals surface area (Å²) in [5.41, 5.74) is 5.28. The second-order valence-corrected chi connectivity index (χ2v) is 7.97. The smallest absolute Gasteiger partial charge is 0.160 e. The monoisotopic (exact) mass is 441 g/mol. The lowest BCUT2D eigenvalue weighted by Crippen LogP contribution is -1.87. The van der Waals surface area contributed by atoms with Gasteiger partial charge in [-0.2, -0.15) is 0 Å². The third-order valence-corrected chi connectivity index (χ3v) is 5.50. The van der Waals surface area contributed by atoms with E-state index in [1.807, 2.05) is 84.9 Å². The van der Waals surface area contributed by atoms with E-state index < -0.39 is 0 Å². The highest BCUT2D eigenvalue weighted by Gasteiger charge is 2.08. The van der Waals surface area contributed by atoms with Crippen molar-refractivity contribution in [1.82, 2.24) is 15.0 Å². The summed E-state index contributed by atoms with van der Waals surface area (Å²) in [4.78, 5) is 13.5. The highest BCUT2D eigenvalue weighted by atomic mass is 35.5. The third kappa shape index (κ3) is 4.11. The number of fused-ring (bicyclic) bond motifs is 2. The van der Waals surface area contributed by atoms with E-state index in [-0.39, 0.29) is 0 Å². The molecular formula is C26H17Cl2N3. The van der Waals surface area contributed by atoms with E-state index in [0.29, 0.717) is 15.9 Å². The van der Waals surface area contributed by atoms with Crippen LogP contribution in [-0.2, 0) is 0 Å². The van der Waals surface area contributed by atoms with Crippen LogP contribution in [0, 0.1) is 0 Å². The molecule has 0 fully saturated rings. The highest BCUT2D eigenvalue weighted by molar-refractivity contribution is 6.31. The Morgan fingerprint density at radius 3 is 2.06 bits per heavy atom. The summed E-state index contributed by atoms with van der Waals surface area (Å²) < 4.78 is 0. The van der Waals surface area contributed by atoms with Gasteiger partial charge in [0.15, 0.2) is 5.82 Å². The number of nitrogens with zero attached hydrogens (tertiary/aromatic N) is 2. The van der Waals surface area contributed by atoms with Gasteiger partial charge in [-0.05, 0) is 60.2 Å². The molecule has 31 heavy (non-hydrogen) atoms. The van der Waals surface area contributed by atoms with Gasteiger partial charge in [-0.1, -0.05) is 65.7 Å². The van der Waals surface area contributed by atoms with Crippen LogP contribution in [0.1, 0.15) is 0 Å². The van der Waals surface area contributed by atoms with Crippen LogP contribution in [0.2, 0.25) is 10.0 Å². The molecule has 0 saturated heterocycles. The summed E-state index contributed by atoms with van der Waals surface area (Å²) in [5, 5.41) is 2.21. The molecule has 0 aliphatic heterocycles. The summed E-state index contributed by atoms with van der Waals surface area (Å²) in [6.45, 7) is 0. The zero-order valence-corrected chi connectivity index (χ0v) is 17.9. The molecule has 1 N–H and O–H groups in total. The van der Waals surface area contributed by atoms with Crippen LogP contribution in [0.15, 0.2) is 97.1 Å². The second-order valence-electron chi connectivity index (χ2n) is 7.10. The molecule has 0 saturated carbocycles. The number of benzene rings is 4. The van der Waals surface area contributed by atoms with Crippen molar-refractivity contribution in [3.05, 3.63) is 107 Å². The first-order valence-electron chi connectivity index (χ1n) is 9.82. The fourth-order valence-electron chi connectivity index (χ4n) is 3.50. The normalized spacial score (nSPS) is 10.9. The lowest BCUT2D eigenvalue weighted by Gasteiger charge is -2.05. The number of H-pyrrole nitrogens is 1. The van der Waals surface area contributed by atoms with Crippen LogP contribution in [0.5, 0.6) is 0 Å². The molecule has 150 valence electrons. The molecule has 0 unspecified atom stereocenters. The zero-order valence-electron chi connectivity index (χ0n) is 16.4. The van der Waals surface area contributed by atoms with Gasteiger partial charge in [0.25, 0.3) is 0 Å². The van der Waals surface area contributed by atoms with Crippen LogP contribution in [0.4, 0.5) is 0 Å². The summed E-state index contributed by atoms with van der Waals surface area (Å²) in [6.07, 6.45) is 0. The molecule has 0 spiro atoms. The maximum atomic E-state index is 6.41. The zero-order chi connectivity index (χ0) is 21.2. The molecule has 1 heterocycles. The van der Waals surface area contributed by atoms with Gasteiger partial charge < -0.3 is 4.98 Å². The summed E-state index contributed by atoms with van der Waals surface area (Å²) >= 11 is 12.5. The van der Waals surface area contributed by atoms with Gasteiger partial charge in [-0.15, -0.1) is 0 Å². The fraction of sp³-hybridized carbons (Fsp3) is 0. The number of halogens is 2. The van der Waals surface area contributed by atoms with E-state index in [2.05, 4.69) is 17.1 Å². The Hall–Kier alpha value is -3.40. The van der Waals surface area contributed by atoms with Gasteiger partial charge in [-0.3, -0.25) is 0 Å². The third-order valence-electron chi connectivity index (χ3n) is 5.01. The molecule has 0 aliphatic carbocycles. The molecule has 1 aromatic heterocycles. The van der Waals surface area contributed by atoms with Gasteiger partial charge in [-0.25, -0.2) is 9.97 Å². The number of rotatable bonds is 2. The molecule has 0 radical (unpaired) electrons. The van der Waals surface area contributed by atoms with Crippen molar-refractivity contribution < 1.29 is 0 Å². The quantitative estimate of drug-likeness (QED) is 0.302. The molecule has 4 aromatic carbocycles. The standard InChI is InChI=1S/C26H17Cl2N3/c27-19-12-10-18(11-13-19)26-30-22-15-14-20(28)16-21(22)25(17-6-2-1-3-7-17)29-23-8-4-5-9-24(23)31-26/h1-16,29H. The molecular weight excluding hydrogens is 425 g/mol. The van der Waals surface area contributed by atoms with E-state index in [4.69, 9.17) is 33.2 Å². The molecule has 5 rings (SSSR count). The minimum Gasteiger partial charge on any atom is -0.353 e. The van der Waals surface area contributed by atoms with Crippen molar-refractivity contribution in [3.63, 3.8) is 0 Å². The predicted octanol–water partition coefficient (Wildman–Crippen LogP) is 7.88. The number of hydrogen-bond donors (Lipinski definition) is 1. The fourth-order valence-corrected chi connectivity index (χ4v) is 3.80. The lowest BCUT2D eigenvalue weighted by molar-refractivity contribution is 1.28. The molecule has 5 heteroatoms. The molecule has 0 aliphatic rings. The van der Waals surface area contributed by atoms with E-state index in [0.717, 1.165) is 38.8 Å². The summed E-state index contributed by atoms with van der Waals surface area (Å²) in [7, 11) is 0. The number of aromatic amines is 1. The highest BCUT2D eigenvalue weighted by Crippen LogP contribution is 2.29. The van der Waals surface area contributed by atoms with E-state index >= 15 is 0 Å². The Morgan fingerprint density at radius 1 is 0.581 bits per heavy atom. The SMILES string of the molecule is Clc1ccc(-c2nc3ccccc3[nH]c(-c3ccccc3)c3cc(Cl)ccc3n2)cc1. The van der Waals surface area contributed by atoms with Crippen LogP contribution in [-0.4, -0.2) is 15.0 Å². The Bertz CT molecular complexity index is 1440. The lowest BCUT2D eigenvalue weighted by atomic mass is 10.1. The van der Waals surface area contributed by atoms with Crippen LogP contribution in [0.25, 0.3) is 44.6 Å². The van der Waals surface area contributed by atoms with Crippen LogP contribution < -0.4 is 0 Å². The average molecular weight is 442 g/mol. The first-order valence-corrected chi connectivity index (χ1v) is 10.6. The summed E-state index contributed by atoms with van der Waals surface area (Å²) in [5.74, 6) is 0.601. The van der Waals surface area contributed by atoms with E-state index in [1.165, 1.54) is 0 Å². The van der Waals surface area contributed by atoms with Crippen molar-refractivity contribution in [1.29, 1.82) is 0 Å². The first kappa shape index (κ1) is 19.6. The Balaban J connectivity index is 1.98.